The van der Waals surface area contributed by atoms with Crippen LogP contribution in [-0.2, 0) is 24.3 Å². The number of ether oxygens (including phenoxy) is 1. The van der Waals surface area contributed by atoms with Crippen molar-refractivity contribution < 1.29 is 27.9 Å². The zero-order valence-electron chi connectivity index (χ0n) is 37.5. The molecule has 7 fully saturated rings. The van der Waals surface area contributed by atoms with Crippen LogP contribution in [0.1, 0.15) is 126 Å². The highest BCUT2D eigenvalue weighted by atomic mass is 32.2. The molecule has 0 radical (unpaired) electrons. The SMILES string of the molecule is C=C(C)[C@@H]1CC[C@]2(NCCN3CCN(S(=O)(=O)c4ccccc4)CC3)CC[C@]3(C)[C@H](CC[C@@H]4[C@@]5(C)CC[C@H](OC(=O)[C@H]6C[C@@H](C(=O)O)C6(C)C)C(C)(C)[C@@H]5CC[C@]43C)[C@@H]12. The second-order valence-corrected chi connectivity index (χ2v) is 24.6. The maximum Gasteiger partial charge on any atom is 0.309 e. The average Bonchev–Trinajstić information content (AvgIpc) is 3.56. The van der Waals surface area contributed by atoms with Crippen molar-refractivity contribution in [2.75, 3.05) is 39.3 Å². The molecular formula is C49H75N3O6S. The van der Waals surface area contributed by atoms with Gasteiger partial charge in [0.2, 0.25) is 10.0 Å². The first-order valence-electron chi connectivity index (χ1n) is 23.2. The number of piperazine rings is 1. The Hall–Kier alpha value is -2.27. The van der Waals surface area contributed by atoms with Crippen molar-refractivity contribution in [3.05, 3.63) is 42.5 Å². The molecule has 6 aliphatic carbocycles. The van der Waals surface area contributed by atoms with Crippen LogP contribution in [0.5, 0.6) is 0 Å². The van der Waals surface area contributed by atoms with Gasteiger partial charge in [-0.3, -0.25) is 14.5 Å². The molecule has 6 saturated carbocycles. The van der Waals surface area contributed by atoms with E-state index in [-0.39, 0.29) is 45.2 Å². The molecule has 1 heterocycles. The quantitative estimate of drug-likeness (QED) is 0.178. The van der Waals surface area contributed by atoms with Gasteiger partial charge in [-0.05, 0) is 141 Å². The van der Waals surface area contributed by atoms with Gasteiger partial charge in [0.15, 0.2) is 0 Å². The van der Waals surface area contributed by atoms with E-state index >= 15 is 0 Å². The predicted octanol–water partition coefficient (Wildman–Crippen LogP) is 8.65. The summed E-state index contributed by atoms with van der Waals surface area (Å²) < 4.78 is 34.7. The van der Waals surface area contributed by atoms with E-state index in [0.29, 0.717) is 54.0 Å². The summed E-state index contributed by atoms with van der Waals surface area (Å²) in [6.07, 6.45) is 11.9. The molecule has 0 spiro atoms. The topological polar surface area (TPSA) is 116 Å². The lowest BCUT2D eigenvalue weighted by atomic mass is 9.32. The number of carbonyl (C=O) groups is 2. The number of carbonyl (C=O) groups excluding carboxylic acids is 1. The standard InChI is InChI=1S/C49H75N3O6S/c1-32(2)34-17-22-49(50-25-26-51-27-29-52(30-28-51)59(56,57)33-13-11-10-12-14-33)24-23-47(8)35(41(34)49)15-16-39-46(7)20-19-40(45(5,6)38(46)18-21-48(39,47)9)58-43(55)37-31-36(42(53)54)44(37,3)4/h10-14,34-41,50H,1,15-31H2,2-9H3,(H,53,54)/t34-,35+,36-,37+,38-,39+,40-,41+,46-,47+,48+,49-/m0/s1. The minimum absolute atomic E-state index is 0.111. The van der Waals surface area contributed by atoms with Crippen molar-refractivity contribution >= 4 is 22.0 Å². The van der Waals surface area contributed by atoms with Gasteiger partial charge in [-0.2, -0.15) is 4.31 Å². The smallest absolute Gasteiger partial charge is 0.309 e. The average molecular weight is 834 g/mol. The van der Waals surface area contributed by atoms with Gasteiger partial charge in [0.05, 0.1) is 16.7 Å². The summed E-state index contributed by atoms with van der Waals surface area (Å²) in [5.74, 6) is 0.947. The van der Waals surface area contributed by atoms with Crippen LogP contribution in [0.4, 0.5) is 0 Å². The Labute approximate surface area is 355 Å². The Morgan fingerprint density at radius 2 is 1.51 bits per heavy atom. The highest BCUT2D eigenvalue weighted by molar-refractivity contribution is 7.89. The fraction of sp³-hybridized carbons (Fsp3) is 0.796. The van der Waals surface area contributed by atoms with Gasteiger partial charge in [-0.15, -0.1) is 0 Å². The summed E-state index contributed by atoms with van der Waals surface area (Å²) in [5.41, 5.74) is 1.32. The van der Waals surface area contributed by atoms with Crippen molar-refractivity contribution in [2.45, 2.75) is 143 Å². The number of benzene rings is 1. The molecule has 59 heavy (non-hydrogen) atoms. The van der Waals surface area contributed by atoms with Gasteiger partial charge in [0.1, 0.15) is 6.10 Å². The maximum absolute atomic E-state index is 13.7. The highest BCUT2D eigenvalue weighted by Crippen LogP contribution is 2.76. The molecule has 1 aromatic carbocycles. The molecule has 1 aromatic rings. The molecule has 328 valence electrons. The minimum atomic E-state index is -3.46. The lowest BCUT2D eigenvalue weighted by Gasteiger charge is -2.73. The molecule has 7 aliphatic rings. The van der Waals surface area contributed by atoms with Crippen LogP contribution >= 0.6 is 0 Å². The fourth-order valence-electron chi connectivity index (χ4n) is 16.0. The maximum atomic E-state index is 13.7. The second kappa shape index (κ2) is 14.9. The summed E-state index contributed by atoms with van der Waals surface area (Å²) in [7, 11) is -3.46. The number of hydrogen-bond donors (Lipinski definition) is 2. The molecule has 0 bridgehead atoms. The second-order valence-electron chi connectivity index (χ2n) is 22.6. The molecule has 10 heteroatoms. The van der Waals surface area contributed by atoms with Gasteiger partial charge in [-0.25, -0.2) is 8.42 Å². The first-order valence-corrected chi connectivity index (χ1v) is 24.7. The van der Waals surface area contributed by atoms with Crippen LogP contribution in [-0.4, -0.2) is 85.6 Å². The van der Waals surface area contributed by atoms with Gasteiger partial charge in [-0.1, -0.05) is 78.8 Å². The Balaban J connectivity index is 0.944. The van der Waals surface area contributed by atoms with E-state index in [1.165, 1.54) is 50.5 Å². The van der Waals surface area contributed by atoms with Crippen molar-refractivity contribution in [3.8, 4) is 0 Å². The number of hydrogen-bond acceptors (Lipinski definition) is 7. The van der Waals surface area contributed by atoms with Crippen molar-refractivity contribution in [1.82, 2.24) is 14.5 Å². The molecule has 9 nitrogen and oxygen atoms in total. The van der Waals surface area contributed by atoms with Gasteiger partial charge in [0, 0.05) is 50.2 Å². The Kier molecular flexibility index (Phi) is 11.0. The fourth-order valence-corrected chi connectivity index (χ4v) is 17.4. The minimum Gasteiger partial charge on any atom is -0.481 e. The van der Waals surface area contributed by atoms with E-state index in [0.717, 1.165) is 45.4 Å². The number of sulfonamides is 1. The number of nitrogens with one attached hydrogen (secondary N) is 1. The van der Waals surface area contributed by atoms with Crippen molar-refractivity contribution in [1.29, 1.82) is 0 Å². The molecule has 8 rings (SSSR count). The van der Waals surface area contributed by atoms with E-state index in [4.69, 9.17) is 4.74 Å². The van der Waals surface area contributed by atoms with E-state index in [1.54, 1.807) is 28.6 Å². The number of carboxylic acids is 1. The molecule has 2 N–H and O–H groups in total. The number of nitrogens with zero attached hydrogens (tertiary/aromatic N) is 2. The third kappa shape index (κ3) is 6.63. The number of rotatable bonds is 10. The van der Waals surface area contributed by atoms with E-state index in [9.17, 15) is 23.1 Å². The van der Waals surface area contributed by atoms with E-state index < -0.39 is 27.3 Å². The summed E-state index contributed by atoms with van der Waals surface area (Å²) in [6, 6.07) is 8.83. The predicted molar refractivity (Wildman–Crippen MR) is 232 cm³/mol. The van der Waals surface area contributed by atoms with E-state index in [1.807, 2.05) is 19.9 Å². The molecule has 0 aromatic heterocycles. The molecule has 1 aliphatic heterocycles. The lowest BCUT2D eigenvalue weighted by molar-refractivity contribution is -0.248. The molecule has 0 amide bonds. The highest BCUT2D eigenvalue weighted by Gasteiger charge is 2.71. The summed E-state index contributed by atoms with van der Waals surface area (Å²) in [5, 5.41) is 13.9. The molecular weight excluding hydrogens is 759 g/mol. The third-order valence-electron chi connectivity index (χ3n) is 19.7. The zero-order chi connectivity index (χ0) is 42.6. The van der Waals surface area contributed by atoms with Gasteiger partial charge >= 0.3 is 11.9 Å². The number of fused-ring (bicyclic) bond motifs is 7. The van der Waals surface area contributed by atoms with Crippen LogP contribution in [0.15, 0.2) is 47.4 Å². The number of carboxylic acid groups (broad SMARTS) is 1. The van der Waals surface area contributed by atoms with Crippen molar-refractivity contribution in [2.24, 2.45) is 68.5 Å². The number of esters is 1. The monoisotopic (exact) mass is 834 g/mol. The largest absolute Gasteiger partial charge is 0.481 e. The zero-order valence-corrected chi connectivity index (χ0v) is 38.3. The summed E-state index contributed by atoms with van der Waals surface area (Å²) in [4.78, 5) is 28.3. The number of aliphatic carboxylic acids is 1. The lowest BCUT2D eigenvalue weighted by Crippen LogP contribution is -2.69. The third-order valence-corrected chi connectivity index (χ3v) is 21.6. The molecule has 12 atom stereocenters. The van der Waals surface area contributed by atoms with E-state index in [2.05, 4.69) is 58.3 Å². The summed E-state index contributed by atoms with van der Waals surface area (Å²) in [6.45, 7) is 27.8. The molecule has 1 saturated heterocycles. The van der Waals surface area contributed by atoms with Gasteiger partial charge < -0.3 is 15.2 Å². The first kappa shape index (κ1) is 43.4. The Morgan fingerprint density at radius 1 is 0.814 bits per heavy atom. The van der Waals surface area contributed by atoms with Crippen molar-refractivity contribution in [3.63, 3.8) is 0 Å². The number of allylic oxidation sites excluding steroid dienone is 1. The normalized spacial score (nSPS) is 42.9. The Morgan fingerprint density at radius 3 is 2.15 bits per heavy atom. The summed E-state index contributed by atoms with van der Waals surface area (Å²) >= 11 is 0. The molecule has 0 unspecified atom stereocenters. The van der Waals surface area contributed by atoms with Crippen LogP contribution in [0.3, 0.4) is 0 Å². The van der Waals surface area contributed by atoms with Crippen LogP contribution < -0.4 is 5.32 Å². The van der Waals surface area contributed by atoms with Crippen LogP contribution in [0, 0.1) is 68.5 Å². The van der Waals surface area contributed by atoms with Gasteiger partial charge in [0.25, 0.3) is 0 Å². The first-order chi connectivity index (χ1) is 27.6. The van der Waals surface area contributed by atoms with Crippen LogP contribution in [0.25, 0.3) is 0 Å². The van der Waals surface area contributed by atoms with Crippen LogP contribution in [0.2, 0.25) is 0 Å². The Bertz CT molecular complexity index is 1910.